The SMILES string of the molecule is CCNC(CCN(C)CC(C)(C)C)C(N)=O. The largest absolute Gasteiger partial charge is 0.368 e. The summed E-state index contributed by atoms with van der Waals surface area (Å²) in [5, 5.41) is 3.10. The number of hydrogen-bond acceptors (Lipinski definition) is 3. The van der Waals surface area contributed by atoms with Gasteiger partial charge in [0.25, 0.3) is 0 Å². The fraction of sp³-hybridized carbons (Fsp3) is 0.917. The van der Waals surface area contributed by atoms with Gasteiger partial charge in [-0.05, 0) is 32.0 Å². The van der Waals surface area contributed by atoms with Gasteiger partial charge in [0.05, 0.1) is 6.04 Å². The first-order valence-electron chi connectivity index (χ1n) is 5.97. The van der Waals surface area contributed by atoms with Crippen molar-refractivity contribution < 1.29 is 4.79 Å². The van der Waals surface area contributed by atoms with Crippen LogP contribution in [0.5, 0.6) is 0 Å². The van der Waals surface area contributed by atoms with Crippen molar-refractivity contribution >= 4 is 5.91 Å². The molecule has 0 saturated heterocycles. The third-order valence-electron chi connectivity index (χ3n) is 2.34. The number of nitrogens with two attached hydrogens (primary N) is 1. The molecule has 0 aromatic heterocycles. The van der Waals surface area contributed by atoms with Crippen LogP contribution in [0.4, 0.5) is 0 Å². The van der Waals surface area contributed by atoms with E-state index in [9.17, 15) is 4.79 Å². The van der Waals surface area contributed by atoms with Crippen molar-refractivity contribution in [1.82, 2.24) is 10.2 Å². The molecule has 16 heavy (non-hydrogen) atoms. The predicted molar refractivity (Wildman–Crippen MR) is 68.2 cm³/mol. The number of rotatable bonds is 7. The molecule has 0 aliphatic carbocycles. The molecule has 4 nitrogen and oxygen atoms in total. The zero-order valence-corrected chi connectivity index (χ0v) is 11.3. The Bertz CT molecular complexity index is 211. The van der Waals surface area contributed by atoms with Gasteiger partial charge in [0.2, 0.25) is 5.91 Å². The van der Waals surface area contributed by atoms with E-state index in [2.05, 4.69) is 38.0 Å². The fourth-order valence-corrected chi connectivity index (χ4v) is 1.83. The molecule has 0 rings (SSSR count). The molecular weight excluding hydrogens is 202 g/mol. The number of nitrogens with one attached hydrogen (secondary N) is 1. The summed E-state index contributed by atoms with van der Waals surface area (Å²) in [6, 6.07) is -0.201. The van der Waals surface area contributed by atoms with Crippen LogP contribution >= 0.6 is 0 Å². The molecule has 1 amide bonds. The molecule has 1 atom stereocenters. The van der Waals surface area contributed by atoms with Gasteiger partial charge in [-0.1, -0.05) is 27.7 Å². The van der Waals surface area contributed by atoms with Crippen LogP contribution in [0.25, 0.3) is 0 Å². The third kappa shape index (κ3) is 7.65. The standard InChI is InChI=1S/C12H27N3O/c1-6-14-10(11(13)16)7-8-15(5)9-12(2,3)4/h10,14H,6-9H2,1-5H3,(H2,13,16). The number of likely N-dealkylation sites (N-methyl/N-ethyl adjacent to an activating group) is 1. The second kappa shape index (κ2) is 6.86. The second-order valence-electron chi connectivity index (χ2n) is 5.60. The monoisotopic (exact) mass is 229 g/mol. The van der Waals surface area contributed by atoms with Crippen LogP contribution in [0.2, 0.25) is 0 Å². The summed E-state index contributed by atoms with van der Waals surface area (Å²) in [5.74, 6) is -0.258. The smallest absolute Gasteiger partial charge is 0.234 e. The number of carbonyl (C=O) groups excluding carboxylic acids is 1. The van der Waals surface area contributed by atoms with Crippen LogP contribution in [-0.4, -0.2) is 43.5 Å². The Kier molecular flexibility index (Phi) is 6.60. The summed E-state index contributed by atoms with van der Waals surface area (Å²) in [6.45, 7) is 11.3. The molecule has 0 fully saturated rings. The summed E-state index contributed by atoms with van der Waals surface area (Å²) >= 11 is 0. The topological polar surface area (TPSA) is 58.4 Å². The summed E-state index contributed by atoms with van der Waals surface area (Å²) in [5.41, 5.74) is 5.60. The van der Waals surface area contributed by atoms with E-state index in [0.717, 1.165) is 26.1 Å². The van der Waals surface area contributed by atoms with Crippen LogP contribution in [-0.2, 0) is 4.79 Å². The lowest BCUT2D eigenvalue weighted by atomic mass is 9.96. The van der Waals surface area contributed by atoms with Crippen LogP contribution in [0, 0.1) is 5.41 Å². The average Bonchev–Trinajstić information content (AvgIpc) is 2.08. The van der Waals surface area contributed by atoms with Gasteiger partial charge < -0.3 is 16.0 Å². The number of primary amides is 1. The predicted octanol–water partition coefficient (Wildman–Crippen LogP) is 0.818. The first-order valence-corrected chi connectivity index (χ1v) is 5.97. The van der Waals surface area contributed by atoms with Gasteiger partial charge in [-0.25, -0.2) is 0 Å². The van der Waals surface area contributed by atoms with Crippen LogP contribution in [0.15, 0.2) is 0 Å². The minimum absolute atomic E-state index is 0.201. The maximum atomic E-state index is 11.1. The van der Waals surface area contributed by atoms with Gasteiger partial charge in [0, 0.05) is 6.54 Å². The first-order chi connectivity index (χ1) is 7.26. The molecule has 0 spiro atoms. The van der Waals surface area contributed by atoms with Gasteiger partial charge >= 0.3 is 0 Å². The Morgan fingerprint density at radius 2 is 2.00 bits per heavy atom. The van der Waals surface area contributed by atoms with E-state index >= 15 is 0 Å². The minimum atomic E-state index is -0.258. The van der Waals surface area contributed by atoms with Crippen molar-refractivity contribution in [3.8, 4) is 0 Å². The molecular formula is C12H27N3O. The number of carbonyl (C=O) groups is 1. The Morgan fingerprint density at radius 1 is 1.44 bits per heavy atom. The van der Waals surface area contributed by atoms with Crippen molar-refractivity contribution in [2.45, 2.75) is 40.2 Å². The van der Waals surface area contributed by atoms with Gasteiger partial charge in [-0.15, -0.1) is 0 Å². The lowest BCUT2D eigenvalue weighted by Crippen LogP contribution is -2.43. The third-order valence-corrected chi connectivity index (χ3v) is 2.34. The molecule has 0 aromatic carbocycles. The van der Waals surface area contributed by atoms with Crippen molar-refractivity contribution in [3.05, 3.63) is 0 Å². The van der Waals surface area contributed by atoms with Crippen molar-refractivity contribution in [3.63, 3.8) is 0 Å². The van der Waals surface area contributed by atoms with E-state index in [-0.39, 0.29) is 17.4 Å². The van der Waals surface area contributed by atoms with Crippen molar-refractivity contribution in [2.75, 3.05) is 26.7 Å². The molecule has 0 radical (unpaired) electrons. The lowest BCUT2D eigenvalue weighted by molar-refractivity contribution is -0.120. The van der Waals surface area contributed by atoms with Crippen LogP contribution in [0.1, 0.15) is 34.1 Å². The quantitative estimate of drug-likeness (QED) is 0.679. The summed E-state index contributed by atoms with van der Waals surface area (Å²) < 4.78 is 0. The van der Waals surface area contributed by atoms with Gasteiger partial charge in [-0.2, -0.15) is 0 Å². The van der Waals surface area contributed by atoms with E-state index < -0.39 is 0 Å². The molecule has 3 N–H and O–H groups in total. The molecule has 0 saturated carbocycles. The molecule has 0 aromatic rings. The molecule has 0 aliphatic heterocycles. The lowest BCUT2D eigenvalue weighted by Gasteiger charge is -2.27. The highest BCUT2D eigenvalue weighted by Crippen LogP contribution is 2.14. The number of hydrogen-bond donors (Lipinski definition) is 2. The minimum Gasteiger partial charge on any atom is -0.368 e. The average molecular weight is 229 g/mol. The highest BCUT2D eigenvalue weighted by Gasteiger charge is 2.17. The first kappa shape index (κ1) is 15.4. The normalized spacial score (nSPS) is 14.1. The van der Waals surface area contributed by atoms with Gasteiger partial charge in [0.1, 0.15) is 0 Å². The highest BCUT2D eigenvalue weighted by atomic mass is 16.1. The van der Waals surface area contributed by atoms with E-state index in [4.69, 9.17) is 5.73 Å². The maximum Gasteiger partial charge on any atom is 0.234 e. The molecule has 0 aliphatic rings. The zero-order chi connectivity index (χ0) is 12.8. The molecule has 1 unspecified atom stereocenters. The Labute approximate surface area is 99.6 Å². The Morgan fingerprint density at radius 3 is 2.38 bits per heavy atom. The zero-order valence-electron chi connectivity index (χ0n) is 11.3. The van der Waals surface area contributed by atoms with E-state index in [1.54, 1.807) is 0 Å². The van der Waals surface area contributed by atoms with Crippen molar-refractivity contribution in [1.29, 1.82) is 0 Å². The summed E-state index contributed by atoms with van der Waals surface area (Å²) in [4.78, 5) is 13.4. The Hall–Kier alpha value is -0.610. The maximum absolute atomic E-state index is 11.1. The van der Waals surface area contributed by atoms with Crippen molar-refractivity contribution in [2.24, 2.45) is 11.1 Å². The van der Waals surface area contributed by atoms with Crippen LogP contribution in [0.3, 0.4) is 0 Å². The molecule has 96 valence electrons. The Balaban J connectivity index is 3.96. The summed E-state index contributed by atoms with van der Waals surface area (Å²) in [7, 11) is 2.08. The highest BCUT2D eigenvalue weighted by molar-refractivity contribution is 5.79. The van der Waals surface area contributed by atoms with Gasteiger partial charge in [-0.3, -0.25) is 4.79 Å². The molecule has 0 heterocycles. The van der Waals surface area contributed by atoms with E-state index in [1.165, 1.54) is 0 Å². The second-order valence-corrected chi connectivity index (χ2v) is 5.60. The number of nitrogens with zero attached hydrogens (tertiary/aromatic N) is 1. The van der Waals surface area contributed by atoms with Gasteiger partial charge in [0.15, 0.2) is 0 Å². The summed E-state index contributed by atoms with van der Waals surface area (Å²) in [6.07, 6.45) is 0.774. The van der Waals surface area contributed by atoms with Crippen LogP contribution < -0.4 is 11.1 Å². The molecule has 0 bridgehead atoms. The molecule has 4 heteroatoms. The number of amides is 1. The fourth-order valence-electron chi connectivity index (χ4n) is 1.83. The van der Waals surface area contributed by atoms with E-state index in [0.29, 0.717) is 0 Å². The van der Waals surface area contributed by atoms with E-state index in [1.807, 2.05) is 6.92 Å².